The zero-order valence-corrected chi connectivity index (χ0v) is 11.8. The van der Waals surface area contributed by atoms with Crippen LogP contribution in [-0.2, 0) is 9.53 Å². The van der Waals surface area contributed by atoms with Crippen molar-refractivity contribution in [3.05, 3.63) is 0 Å². The molecule has 0 aromatic heterocycles. The van der Waals surface area contributed by atoms with Crippen molar-refractivity contribution in [2.45, 2.75) is 24.9 Å². The van der Waals surface area contributed by atoms with E-state index in [4.69, 9.17) is 10.5 Å². The standard InChI is InChI=1S/C13H26N4O2/c1-15-13(18)8-12(9-14)17-3-2-11(10-17)16-4-6-19-7-5-16/h11-12H,2-10,14H2,1H3,(H,15,18). The number of carbonyl (C=O) groups excluding carboxylic acids is 1. The number of morpholine rings is 1. The van der Waals surface area contributed by atoms with Gasteiger partial charge >= 0.3 is 0 Å². The molecule has 1 amide bonds. The molecule has 0 aromatic carbocycles. The average Bonchev–Trinajstić information content (AvgIpc) is 2.95. The maximum absolute atomic E-state index is 11.5. The summed E-state index contributed by atoms with van der Waals surface area (Å²) in [5.41, 5.74) is 5.82. The van der Waals surface area contributed by atoms with E-state index in [1.54, 1.807) is 7.05 Å². The Bertz CT molecular complexity index is 294. The van der Waals surface area contributed by atoms with Gasteiger partial charge in [-0.2, -0.15) is 0 Å². The molecular formula is C13H26N4O2. The predicted molar refractivity (Wildman–Crippen MR) is 73.9 cm³/mol. The molecule has 0 spiro atoms. The van der Waals surface area contributed by atoms with Gasteiger partial charge in [-0.05, 0) is 6.42 Å². The molecule has 19 heavy (non-hydrogen) atoms. The number of nitrogens with two attached hydrogens (primary N) is 1. The molecule has 2 fully saturated rings. The van der Waals surface area contributed by atoms with Crippen LogP contribution in [0, 0.1) is 0 Å². The molecule has 2 unspecified atom stereocenters. The first-order chi connectivity index (χ1) is 9.24. The Morgan fingerprint density at radius 3 is 2.79 bits per heavy atom. The van der Waals surface area contributed by atoms with Crippen LogP contribution >= 0.6 is 0 Å². The summed E-state index contributed by atoms with van der Waals surface area (Å²) in [5, 5.41) is 2.68. The molecule has 2 saturated heterocycles. The minimum Gasteiger partial charge on any atom is -0.379 e. The Morgan fingerprint density at radius 1 is 1.42 bits per heavy atom. The highest BCUT2D eigenvalue weighted by molar-refractivity contribution is 5.76. The number of nitrogens with zero attached hydrogens (tertiary/aromatic N) is 2. The first kappa shape index (κ1) is 14.7. The van der Waals surface area contributed by atoms with E-state index in [0.717, 1.165) is 39.4 Å². The Labute approximate surface area is 115 Å². The molecule has 6 nitrogen and oxygen atoms in total. The summed E-state index contributed by atoms with van der Waals surface area (Å²) < 4.78 is 5.39. The fourth-order valence-corrected chi connectivity index (χ4v) is 3.02. The van der Waals surface area contributed by atoms with E-state index in [0.29, 0.717) is 19.0 Å². The fourth-order valence-electron chi connectivity index (χ4n) is 3.02. The summed E-state index contributed by atoms with van der Waals surface area (Å²) in [6, 6.07) is 0.772. The van der Waals surface area contributed by atoms with Crippen LogP contribution in [0.3, 0.4) is 0 Å². The van der Waals surface area contributed by atoms with Gasteiger partial charge in [-0.25, -0.2) is 0 Å². The second-order valence-electron chi connectivity index (χ2n) is 5.35. The molecular weight excluding hydrogens is 244 g/mol. The first-order valence-corrected chi connectivity index (χ1v) is 7.21. The molecule has 0 bridgehead atoms. The van der Waals surface area contributed by atoms with Crippen LogP contribution in [0.2, 0.25) is 0 Å². The lowest BCUT2D eigenvalue weighted by Gasteiger charge is -2.33. The smallest absolute Gasteiger partial charge is 0.221 e. The quantitative estimate of drug-likeness (QED) is 0.660. The van der Waals surface area contributed by atoms with Crippen molar-refractivity contribution < 1.29 is 9.53 Å². The molecule has 2 rings (SSSR count). The van der Waals surface area contributed by atoms with Gasteiger partial charge in [0.25, 0.3) is 0 Å². The number of hydrogen-bond acceptors (Lipinski definition) is 5. The van der Waals surface area contributed by atoms with Crippen LogP contribution in [-0.4, -0.2) is 80.8 Å². The van der Waals surface area contributed by atoms with Crippen LogP contribution in [0.25, 0.3) is 0 Å². The van der Waals surface area contributed by atoms with Crippen molar-refractivity contribution in [1.29, 1.82) is 0 Å². The third kappa shape index (κ3) is 3.89. The highest BCUT2D eigenvalue weighted by Gasteiger charge is 2.32. The van der Waals surface area contributed by atoms with Gasteiger partial charge in [-0.3, -0.25) is 14.6 Å². The first-order valence-electron chi connectivity index (χ1n) is 7.21. The molecule has 2 heterocycles. The summed E-state index contributed by atoms with van der Waals surface area (Å²) in [7, 11) is 1.68. The van der Waals surface area contributed by atoms with E-state index in [-0.39, 0.29) is 11.9 Å². The number of amides is 1. The summed E-state index contributed by atoms with van der Waals surface area (Å²) in [6.07, 6.45) is 1.67. The van der Waals surface area contributed by atoms with Gasteiger partial charge in [0.1, 0.15) is 0 Å². The van der Waals surface area contributed by atoms with Gasteiger partial charge in [0, 0.05) is 58.3 Å². The van der Waals surface area contributed by atoms with E-state index >= 15 is 0 Å². The third-order valence-corrected chi connectivity index (χ3v) is 4.25. The van der Waals surface area contributed by atoms with Gasteiger partial charge in [0.2, 0.25) is 5.91 Å². The van der Waals surface area contributed by atoms with Crippen molar-refractivity contribution >= 4 is 5.91 Å². The summed E-state index contributed by atoms with van der Waals surface area (Å²) in [5.74, 6) is 0.0743. The molecule has 0 radical (unpaired) electrons. The molecule has 0 aliphatic carbocycles. The molecule has 3 N–H and O–H groups in total. The van der Waals surface area contributed by atoms with E-state index < -0.39 is 0 Å². The zero-order valence-electron chi connectivity index (χ0n) is 11.8. The van der Waals surface area contributed by atoms with Crippen molar-refractivity contribution in [1.82, 2.24) is 15.1 Å². The van der Waals surface area contributed by atoms with E-state index in [2.05, 4.69) is 15.1 Å². The van der Waals surface area contributed by atoms with Gasteiger partial charge in [-0.1, -0.05) is 0 Å². The van der Waals surface area contributed by atoms with Crippen molar-refractivity contribution in [3.8, 4) is 0 Å². The fraction of sp³-hybridized carbons (Fsp3) is 0.923. The van der Waals surface area contributed by atoms with Crippen LogP contribution in [0.4, 0.5) is 0 Å². The highest BCUT2D eigenvalue weighted by atomic mass is 16.5. The van der Waals surface area contributed by atoms with Gasteiger partial charge in [0.05, 0.1) is 13.2 Å². The molecule has 0 saturated carbocycles. The van der Waals surface area contributed by atoms with Crippen LogP contribution in [0.1, 0.15) is 12.8 Å². The number of rotatable bonds is 5. The van der Waals surface area contributed by atoms with Gasteiger partial charge in [-0.15, -0.1) is 0 Å². The Balaban J connectivity index is 1.83. The third-order valence-electron chi connectivity index (χ3n) is 4.25. The molecule has 2 aliphatic rings. The van der Waals surface area contributed by atoms with Crippen LogP contribution in [0.5, 0.6) is 0 Å². The topological polar surface area (TPSA) is 70.8 Å². The summed E-state index contributed by atoms with van der Waals surface area (Å²) in [4.78, 5) is 16.4. The van der Waals surface area contributed by atoms with Crippen LogP contribution < -0.4 is 11.1 Å². The SMILES string of the molecule is CNC(=O)CC(CN)N1CCC(N2CCOCC2)C1. The minimum absolute atomic E-state index is 0.0743. The van der Waals surface area contributed by atoms with Gasteiger partial charge in [0.15, 0.2) is 0 Å². The molecule has 2 aliphatic heterocycles. The molecule has 110 valence electrons. The molecule has 0 aromatic rings. The maximum atomic E-state index is 11.5. The number of ether oxygens (including phenoxy) is 1. The monoisotopic (exact) mass is 270 g/mol. The lowest BCUT2D eigenvalue weighted by Crippen LogP contribution is -2.47. The number of hydrogen-bond donors (Lipinski definition) is 2. The van der Waals surface area contributed by atoms with Crippen molar-refractivity contribution in [2.75, 3.05) is 53.0 Å². The van der Waals surface area contributed by atoms with Gasteiger partial charge < -0.3 is 15.8 Å². The second-order valence-corrected chi connectivity index (χ2v) is 5.35. The van der Waals surface area contributed by atoms with E-state index in [1.165, 1.54) is 6.42 Å². The van der Waals surface area contributed by atoms with E-state index in [1.807, 2.05) is 0 Å². The number of carbonyl (C=O) groups is 1. The summed E-state index contributed by atoms with van der Waals surface area (Å²) in [6.45, 7) is 6.36. The second kappa shape index (κ2) is 7.19. The molecule has 6 heteroatoms. The largest absolute Gasteiger partial charge is 0.379 e. The zero-order chi connectivity index (χ0) is 13.7. The Hall–Kier alpha value is -0.690. The number of likely N-dealkylation sites (tertiary alicyclic amines) is 1. The Kier molecular flexibility index (Phi) is 5.57. The lowest BCUT2D eigenvalue weighted by molar-refractivity contribution is -0.121. The average molecular weight is 270 g/mol. The maximum Gasteiger partial charge on any atom is 0.221 e. The minimum atomic E-state index is 0.0743. The number of nitrogens with one attached hydrogen (secondary N) is 1. The van der Waals surface area contributed by atoms with Crippen LogP contribution in [0.15, 0.2) is 0 Å². The van der Waals surface area contributed by atoms with Crippen molar-refractivity contribution in [3.63, 3.8) is 0 Å². The summed E-state index contributed by atoms with van der Waals surface area (Å²) >= 11 is 0. The Morgan fingerprint density at radius 2 is 2.16 bits per heavy atom. The normalized spacial score (nSPS) is 27.4. The van der Waals surface area contributed by atoms with Crippen molar-refractivity contribution in [2.24, 2.45) is 5.73 Å². The van der Waals surface area contributed by atoms with E-state index in [9.17, 15) is 4.79 Å². The predicted octanol–water partition coefficient (Wildman–Crippen LogP) is -1.14. The lowest BCUT2D eigenvalue weighted by atomic mass is 10.1. The molecule has 2 atom stereocenters. The highest BCUT2D eigenvalue weighted by Crippen LogP contribution is 2.19.